The zero-order valence-corrected chi connectivity index (χ0v) is 17.8. The molecule has 1 fully saturated rings. The van der Waals surface area contributed by atoms with E-state index in [1.165, 1.54) is 12.1 Å². The molecule has 0 spiro atoms. The number of aldehydes is 1. The highest BCUT2D eigenvalue weighted by Crippen LogP contribution is 2.25. The Bertz CT molecular complexity index is 980. The largest absolute Gasteiger partial charge is 0.490 e. The SMILES string of the molecule is O=Cc1ccccc1OCC(O)CN(Cc1c(F)cccc1Cl)C1CCS(=O)(=O)C1. The van der Waals surface area contributed by atoms with Crippen molar-refractivity contribution < 1.29 is 27.4 Å². The Morgan fingerprint density at radius 2 is 2.03 bits per heavy atom. The van der Waals surface area contributed by atoms with E-state index in [0.29, 0.717) is 24.0 Å². The van der Waals surface area contributed by atoms with Crippen LogP contribution < -0.4 is 4.74 Å². The zero-order valence-electron chi connectivity index (χ0n) is 16.2. The average Bonchev–Trinajstić information content (AvgIpc) is 3.08. The number of carbonyl (C=O) groups is 1. The summed E-state index contributed by atoms with van der Waals surface area (Å²) < 4.78 is 43.8. The first-order valence-corrected chi connectivity index (χ1v) is 11.7. The molecule has 2 aromatic rings. The van der Waals surface area contributed by atoms with Gasteiger partial charge in [-0.15, -0.1) is 0 Å². The summed E-state index contributed by atoms with van der Waals surface area (Å²) in [5, 5.41) is 10.8. The predicted octanol–water partition coefficient (Wildman–Crippen LogP) is 2.72. The Balaban J connectivity index is 1.72. The highest BCUT2D eigenvalue weighted by Gasteiger charge is 2.33. The number of benzene rings is 2. The average molecular weight is 456 g/mol. The van der Waals surface area contributed by atoms with Gasteiger partial charge in [0.1, 0.15) is 24.3 Å². The number of hydrogen-bond acceptors (Lipinski definition) is 6. The highest BCUT2D eigenvalue weighted by atomic mass is 35.5. The predicted molar refractivity (Wildman–Crippen MR) is 112 cm³/mol. The number of ether oxygens (including phenoxy) is 1. The Kier molecular flexibility index (Phi) is 7.46. The van der Waals surface area contributed by atoms with Crippen molar-refractivity contribution in [3.05, 3.63) is 64.4 Å². The van der Waals surface area contributed by atoms with E-state index in [4.69, 9.17) is 16.3 Å². The molecule has 1 aliphatic heterocycles. The highest BCUT2D eigenvalue weighted by molar-refractivity contribution is 7.91. The molecule has 0 saturated carbocycles. The van der Waals surface area contributed by atoms with Gasteiger partial charge in [-0.05, 0) is 30.7 Å². The van der Waals surface area contributed by atoms with Crippen molar-refractivity contribution >= 4 is 27.7 Å². The molecule has 2 aromatic carbocycles. The lowest BCUT2D eigenvalue weighted by molar-refractivity contribution is 0.0517. The number of carbonyl (C=O) groups excluding carboxylic acids is 1. The summed E-state index contributed by atoms with van der Waals surface area (Å²) in [6, 6.07) is 10.6. The monoisotopic (exact) mass is 455 g/mol. The number of aliphatic hydroxyl groups is 1. The molecule has 0 aliphatic carbocycles. The van der Waals surface area contributed by atoms with Crippen LogP contribution in [0, 0.1) is 5.82 Å². The Labute approximate surface area is 180 Å². The smallest absolute Gasteiger partial charge is 0.153 e. The molecule has 9 heteroatoms. The number of aliphatic hydroxyl groups excluding tert-OH is 1. The minimum Gasteiger partial charge on any atom is -0.490 e. The van der Waals surface area contributed by atoms with Crippen LogP contribution in [0.15, 0.2) is 42.5 Å². The van der Waals surface area contributed by atoms with Gasteiger partial charge in [0.05, 0.1) is 17.1 Å². The van der Waals surface area contributed by atoms with Crippen LogP contribution in [0.1, 0.15) is 22.3 Å². The molecule has 0 radical (unpaired) electrons. The quantitative estimate of drug-likeness (QED) is 0.585. The lowest BCUT2D eigenvalue weighted by Gasteiger charge is -2.30. The maximum Gasteiger partial charge on any atom is 0.153 e. The van der Waals surface area contributed by atoms with Crippen LogP contribution in [0.3, 0.4) is 0 Å². The van der Waals surface area contributed by atoms with Crippen molar-refractivity contribution in [2.75, 3.05) is 24.7 Å². The minimum atomic E-state index is -3.17. The van der Waals surface area contributed by atoms with Crippen molar-refractivity contribution in [3.63, 3.8) is 0 Å². The normalized spacial score (nSPS) is 19.0. The van der Waals surface area contributed by atoms with Gasteiger partial charge in [0, 0.05) is 29.7 Å². The standard InChI is InChI=1S/C21H23ClFNO5S/c22-19-5-3-6-20(23)18(19)11-24(16-8-9-30(27,28)14-16)10-17(26)13-29-21-7-2-1-4-15(21)12-25/h1-7,12,16-17,26H,8-11,13-14H2. The second-order valence-electron chi connectivity index (χ2n) is 7.31. The molecule has 162 valence electrons. The summed E-state index contributed by atoms with van der Waals surface area (Å²) >= 11 is 6.14. The summed E-state index contributed by atoms with van der Waals surface area (Å²) in [5.41, 5.74) is 0.615. The topological polar surface area (TPSA) is 83.9 Å². The molecule has 1 aliphatic rings. The van der Waals surface area contributed by atoms with Crippen LogP contribution in [0.5, 0.6) is 5.75 Å². The van der Waals surface area contributed by atoms with Gasteiger partial charge in [-0.3, -0.25) is 9.69 Å². The Hall–Kier alpha value is -2.00. The fourth-order valence-electron chi connectivity index (χ4n) is 3.51. The Morgan fingerprint density at radius 1 is 1.27 bits per heavy atom. The van der Waals surface area contributed by atoms with Crippen molar-refractivity contribution in [3.8, 4) is 5.75 Å². The molecular formula is C21H23ClFNO5S. The fraction of sp³-hybridized carbons (Fsp3) is 0.381. The second kappa shape index (κ2) is 9.87. The molecule has 3 rings (SSSR count). The number of para-hydroxylation sites is 1. The summed E-state index contributed by atoms with van der Waals surface area (Å²) in [6.45, 7) is 0.0214. The van der Waals surface area contributed by atoms with Gasteiger partial charge in [0.15, 0.2) is 16.1 Å². The first kappa shape index (κ1) is 22.7. The number of hydrogen-bond donors (Lipinski definition) is 1. The van der Waals surface area contributed by atoms with E-state index in [0.717, 1.165) is 0 Å². The van der Waals surface area contributed by atoms with Crippen molar-refractivity contribution in [2.24, 2.45) is 0 Å². The number of rotatable bonds is 9. The molecule has 30 heavy (non-hydrogen) atoms. The van der Waals surface area contributed by atoms with Crippen molar-refractivity contribution in [1.82, 2.24) is 4.90 Å². The third-order valence-corrected chi connectivity index (χ3v) is 7.17. The molecule has 1 heterocycles. The molecule has 0 bridgehead atoms. The van der Waals surface area contributed by atoms with E-state index < -0.39 is 21.8 Å². The lowest BCUT2D eigenvalue weighted by Crippen LogP contribution is -2.42. The minimum absolute atomic E-state index is 0.0540. The van der Waals surface area contributed by atoms with Crippen LogP contribution in [-0.4, -0.2) is 61.5 Å². The summed E-state index contributed by atoms with van der Waals surface area (Å²) in [4.78, 5) is 12.8. The van der Waals surface area contributed by atoms with E-state index in [9.17, 15) is 22.7 Å². The van der Waals surface area contributed by atoms with Crippen LogP contribution in [-0.2, 0) is 16.4 Å². The van der Waals surface area contributed by atoms with Gasteiger partial charge in [0.2, 0.25) is 0 Å². The summed E-state index contributed by atoms with van der Waals surface area (Å²) in [6.07, 6.45) is 0.0756. The van der Waals surface area contributed by atoms with Crippen LogP contribution in [0.25, 0.3) is 0 Å². The van der Waals surface area contributed by atoms with Crippen molar-refractivity contribution in [1.29, 1.82) is 0 Å². The van der Waals surface area contributed by atoms with Crippen LogP contribution in [0.2, 0.25) is 5.02 Å². The molecular weight excluding hydrogens is 433 g/mol. The fourth-order valence-corrected chi connectivity index (χ4v) is 5.50. The van der Waals surface area contributed by atoms with Crippen LogP contribution in [0.4, 0.5) is 4.39 Å². The van der Waals surface area contributed by atoms with E-state index in [-0.39, 0.29) is 47.8 Å². The first-order valence-electron chi connectivity index (χ1n) is 9.51. The summed E-state index contributed by atoms with van der Waals surface area (Å²) in [5.74, 6) is -0.142. The molecule has 1 N–H and O–H groups in total. The van der Waals surface area contributed by atoms with E-state index in [1.807, 2.05) is 0 Å². The van der Waals surface area contributed by atoms with E-state index in [2.05, 4.69) is 0 Å². The number of nitrogens with zero attached hydrogens (tertiary/aromatic N) is 1. The maximum atomic E-state index is 14.3. The number of sulfone groups is 1. The third-order valence-electron chi connectivity index (χ3n) is 5.07. The molecule has 1 saturated heterocycles. The molecule has 0 aromatic heterocycles. The van der Waals surface area contributed by atoms with Crippen LogP contribution >= 0.6 is 11.6 Å². The van der Waals surface area contributed by atoms with Gasteiger partial charge in [-0.1, -0.05) is 29.8 Å². The maximum absolute atomic E-state index is 14.3. The number of halogens is 2. The first-order chi connectivity index (χ1) is 14.3. The van der Waals surface area contributed by atoms with Gasteiger partial charge in [-0.25, -0.2) is 12.8 Å². The van der Waals surface area contributed by atoms with E-state index >= 15 is 0 Å². The van der Waals surface area contributed by atoms with Gasteiger partial charge in [0.25, 0.3) is 0 Å². The third kappa shape index (κ3) is 5.78. The Morgan fingerprint density at radius 3 is 2.70 bits per heavy atom. The molecule has 0 amide bonds. The molecule has 6 nitrogen and oxygen atoms in total. The van der Waals surface area contributed by atoms with E-state index in [1.54, 1.807) is 35.2 Å². The van der Waals surface area contributed by atoms with Crippen molar-refractivity contribution in [2.45, 2.75) is 25.1 Å². The van der Waals surface area contributed by atoms with Gasteiger partial charge < -0.3 is 9.84 Å². The second-order valence-corrected chi connectivity index (χ2v) is 9.94. The summed E-state index contributed by atoms with van der Waals surface area (Å²) in [7, 11) is -3.17. The zero-order chi connectivity index (χ0) is 21.7. The molecule has 2 atom stereocenters. The van der Waals surface area contributed by atoms with Gasteiger partial charge >= 0.3 is 0 Å². The molecule has 2 unspecified atom stereocenters. The lowest BCUT2D eigenvalue weighted by atomic mass is 10.1. The van der Waals surface area contributed by atoms with Gasteiger partial charge in [-0.2, -0.15) is 0 Å².